The largest absolute Gasteiger partial charge is 0.481 e. The van der Waals surface area contributed by atoms with E-state index in [9.17, 15) is 4.79 Å². The summed E-state index contributed by atoms with van der Waals surface area (Å²) >= 11 is 0. The summed E-state index contributed by atoms with van der Waals surface area (Å²) in [6.07, 6.45) is 6.51. The number of rotatable bonds is 3. The third-order valence-electron chi connectivity index (χ3n) is 3.81. The van der Waals surface area contributed by atoms with E-state index in [1.165, 1.54) is 13.2 Å². The fraction of sp³-hybridized carbons (Fsp3) is 0.0526. The van der Waals surface area contributed by atoms with Gasteiger partial charge in [0.15, 0.2) is 11.0 Å². The lowest BCUT2D eigenvalue weighted by Crippen LogP contribution is -2.02. The summed E-state index contributed by atoms with van der Waals surface area (Å²) in [6.45, 7) is 0. The summed E-state index contributed by atoms with van der Waals surface area (Å²) in [4.78, 5) is 25.2. The Morgan fingerprint density at radius 3 is 2.72 bits per heavy atom. The maximum atomic E-state index is 12.6. The smallest absolute Gasteiger partial charge is 0.222 e. The highest BCUT2D eigenvalue weighted by atomic mass is 16.5. The van der Waals surface area contributed by atoms with E-state index >= 15 is 0 Å². The Labute approximate surface area is 142 Å². The van der Waals surface area contributed by atoms with Crippen molar-refractivity contribution in [3.63, 3.8) is 0 Å². The number of fused-ring (bicyclic) bond motifs is 1. The molecule has 0 aliphatic rings. The number of aromatic nitrogens is 3. The monoisotopic (exact) mass is 331 g/mol. The van der Waals surface area contributed by atoms with Crippen molar-refractivity contribution in [3.8, 4) is 28.5 Å². The first-order valence-electron chi connectivity index (χ1n) is 7.60. The van der Waals surface area contributed by atoms with E-state index in [0.717, 1.165) is 5.56 Å². The molecule has 122 valence electrons. The standard InChI is InChI=1S/C19H13N3O3/c1-24-19-14(5-3-8-22-19)17-18-13(6-9-21-17)15(23)10-16(25-18)12-4-2-7-20-11-12/h2-11H,1H3. The van der Waals surface area contributed by atoms with Crippen LogP contribution in [-0.2, 0) is 0 Å². The molecule has 0 saturated carbocycles. The van der Waals surface area contributed by atoms with Crippen molar-refractivity contribution < 1.29 is 9.15 Å². The Morgan fingerprint density at radius 2 is 1.92 bits per heavy atom. The molecule has 6 heteroatoms. The Kier molecular flexibility index (Phi) is 3.70. The number of ether oxygens (including phenoxy) is 1. The molecule has 0 amide bonds. The fourth-order valence-corrected chi connectivity index (χ4v) is 2.66. The summed E-state index contributed by atoms with van der Waals surface area (Å²) < 4.78 is 11.3. The van der Waals surface area contributed by atoms with Gasteiger partial charge in [-0.15, -0.1) is 0 Å². The molecule has 0 saturated heterocycles. The number of hydrogen-bond acceptors (Lipinski definition) is 6. The first kappa shape index (κ1) is 15.0. The van der Waals surface area contributed by atoms with E-state index in [2.05, 4.69) is 15.0 Å². The molecule has 6 nitrogen and oxygen atoms in total. The van der Waals surface area contributed by atoms with Gasteiger partial charge in [-0.3, -0.25) is 14.8 Å². The number of pyridine rings is 3. The highest BCUT2D eigenvalue weighted by Crippen LogP contribution is 2.32. The Morgan fingerprint density at radius 1 is 1.04 bits per heavy atom. The van der Waals surface area contributed by atoms with Crippen LogP contribution >= 0.6 is 0 Å². The maximum Gasteiger partial charge on any atom is 0.222 e. The highest BCUT2D eigenvalue weighted by molar-refractivity contribution is 5.91. The molecule has 0 spiro atoms. The zero-order chi connectivity index (χ0) is 17.2. The van der Waals surface area contributed by atoms with E-state index < -0.39 is 0 Å². The number of nitrogens with zero attached hydrogens (tertiary/aromatic N) is 3. The first-order chi connectivity index (χ1) is 12.3. The van der Waals surface area contributed by atoms with E-state index in [1.54, 1.807) is 43.0 Å². The minimum atomic E-state index is -0.147. The first-order valence-corrected chi connectivity index (χ1v) is 7.60. The van der Waals surface area contributed by atoms with Crippen molar-refractivity contribution in [2.45, 2.75) is 0 Å². The average molecular weight is 331 g/mol. The zero-order valence-corrected chi connectivity index (χ0v) is 13.3. The van der Waals surface area contributed by atoms with Crippen LogP contribution in [0.1, 0.15) is 0 Å². The van der Waals surface area contributed by atoms with E-state index in [-0.39, 0.29) is 5.43 Å². The molecule has 4 rings (SSSR count). The molecule has 0 fully saturated rings. The molecule has 0 atom stereocenters. The summed E-state index contributed by atoms with van der Waals surface area (Å²) in [7, 11) is 1.54. The van der Waals surface area contributed by atoms with Crippen LogP contribution in [0.3, 0.4) is 0 Å². The van der Waals surface area contributed by atoms with Gasteiger partial charge in [0.1, 0.15) is 11.5 Å². The van der Waals surface area contributed by atoms with Gasteiger partial charge in [-0.1, -0.05) is 0 Å². The topological polar surface area (TPSA) is 78.1 Å². The molecule has 0 N–H and O–H groups in total. The normalized spacial score (nSPS) is 10.8. The van der Waals surface area contributed by atoms with Crippen LogP contribution in [0.5, 0.6) is 5.88 Å². The van der Waals surface area contributed by atoms with Crippen LogP contribution in [0.25, 0.3) is 33.6 Å². The Balaban J connectivity index is 2.03. The molecule has 0 bridgehead atoms. The number of hydrogen-bond donors (Lipinski definition) is 0. The maximum absolute atomic E-state index is 12.6. The molecular formula is C19H13N3O3. The van der Waals surface area contributed by atoms with Gasteiger partial charge in [0.25, 0.3) is 0 Å². The van der Waals surface area contributed by atoms with Crippen molar-refractivity contribution in [2.24, 2.45) is 0 Å². The second-order valence-corrected chi connectivity index (χ2v) is 5.31. The SMILES string of the molecule is COc1ncccc1-c1nccc2c(=O)cc(-c3cccnc3)oc12. The molecular weight excluding hydrogens is 318 g/mol. The zero-order valence-electron chi connectivity index (χ0n) is 13.3. The summed E-state index contributed by atoms with van der Waals surface area (Å²) in [6, 6.07) is 10.3. The van der Waals surface area contributed by atoms with Gasteiger partial charge in [0.2, 0.25) is 5.88 Å². The average Bonchev–Trinajstić information content (AvgIpc) is 2.68. The third-order valence-corrected chi connectivity index (χ3v) is 3.81. The fourth-order valence-electron chi connectivity index (χ4n) is 2.66. The minimum Gasteiger partial charge on any atom is -0.481 e. The molecule has 0 aromatic carbocycles. The number of methoxy groups -OCH3 is 1. The van der Waals surface area contributed by atoms with Crippen LogP contribution in [0, 0.1) is 0 Å². The van der Waals surface area contributed by atoms with E-state index in [4.69, 9.17) is 9.15 Å². The molecule has 25 heavy (non-hydrogen) atoms. The van der Waals surface area contributed by atoms with Gasteiger partial charge >= 0.3 is 0 Å². The van der Waals surface area contributed by atoms with Crippen molar-refractivity contribution >= 4 is 11.0 Å². The molecule has 0 unspecified atom stereocenters. The van der Waals surface area contributed by atoms with Gasteiger partial charge in [-0.25, -0.2) is 4.98 Å². The lowest BCUT2D eigenvalue weighted by Gasteiger charge is -2.09. The Hall–Kier alpha value is -3.54. The van der Waals surface area contributed by atoms with Crippen molar-refractivity contribution in [1.82, 2.24) is 15.0 Å². The molecule has 4 aromatic rings. The molecule has 4 aromatic heterocycles. The van der Waals surface area contributed by atoms with Crippen molar-refractivity contribution in [1.29, 1.82) is 0 Å². The highest BCUT2D eigenvalue weighted by Gasteiger charge is 2.16. The summed E-state index contributed by atoms with van der Waals surface area (Å²) in [5.74, 6) is 0.847. The van der Waals surface area contributed by atoms with Crippen LogP contribution in [-0.4, -0.2) is 22.1 Å². The van der Waals surface area contributed by atoms with Crippen LogP contribution in [0.2, 0.25) is 0 Å². The van der Waals surface area contributed by atoms with Gasteiger partial charge in [-0.2, -0.15) is 0 Å². The van der Waals surface area contributed by atoms with Gasteiger partial charge in [0, 0.05) is 36.4 Å². The minimum absolute atomic E-state index is 0.147. The summed E-state index contributed by atoms with van der Waals surface area (Å²) in [5.41, 5.74) is 2.12. The van der Waals surface area contributed by atoms with Crippen LogP contribution in [0.4, 0.5) is 0 Å². The van der Waals surface area contributed by atoms with Crippen LogP contribution in [0.15, 0.2) is 70.4 Å². The van der Waals surface area contributed by atoms with Crippen LogP contribution < -0.4 is 10.2 Å². The third kappa shape index (κ3) is 2.63. The Bertz CT molecular complexity index is 1110. The summed E-state index contributed by atoms with van der Waals surface area (Å²) in [5, 5.41) is 0.448. The molecule has 0 radical (unpaired) electrons. The van der Waals surface area contributed by atoms with Gasteiger partial charge in [0.05, 0.1) is 18.1 Å². The van der Waals surface area contributed by atoms with Crippen molar-refractivity contribution in [3.05, 3.63) is 71.4 Å². The van der Waals surface area contributed by atoms with E-state index in [0.29, 0.717) is 33.9 Å². The second-order valence-electron chi connectivity index (χ2n) is 5.31. The van der Waals surface area contributed by atoms with Gasteiger partial charge < -0.3 is 9.15 Å². The molecule has 0 aliphatic carbocycles. The quantitative estimate of drug-likeness (QED) is 0.573. The molecule has 4 heterocycles. The van der Waals surface area contributed by atoms with E-state index in [1.807, 2.05) is 12.1 Å². The lowest BCUT2D eigenvalue weighted by molar-refractivity contribution is 0.399. The lowest BCUT2D eigenvalue weighted by atomic mass is 10.1. The van der Waals surface area contributed by atoms with Gasteiger partial charge in [-0.05, 0) is 30.3 Å². The molecule has 0 aliphatic heterocycles. The predicted octanol–water partition coefficient (Wildman–Crippen LogP) is 3.32. The predicted molar refractivity (Wildman–Crippen MR) is 93.3 cm³/mol. The van der Waals surface area contributed by atoms with Crippen molar-refractivity contribution in [2.75, 3.05) is 7.11 Å². The second kappa shape index (κ2) is 6.16.